The molecular formula is C31H39N3O4S. The molecule has 2 unspecified atom stereocenters. The Balaban J connectivity index is 1.75. The zero-order valence-corrected chi connectivity index (χ0v) is 24.0. The molecule has 8 heteroatoms. The standard InChI is InChI=1S/C31H39N3O4S/c1-22(2)39(36,37)34(4)28-17-25-16-27(18-28)30(35)33-29(26-11-6-5-7-12-26)14-13-23-9-8-10-24(15-23)19-31(3,32)21-38-20-25/h5-12,15-18,22,29H,13-14,19-21,32H2,1-4H3,(H,33,35). The number of nitrogens with one attached hydrogen (secondary N) is 1. The predicted molar refractivity (Wildman–Crippen MR) is 156 cm³/mol. The molecule has 0 aliphatic carbocycles. The number of nitrogens with two attached hydrogens (primary N) is 1. The molecule has 0 saturated carbocycles. The molecule has 1 aliphatic heterocycles. The molecule has 0 saturated heterocycles. The van der Waals surface area contributed by atoms with Crippen molar-refractivity contribution in [3.63, 3.8) is 0 Å². The van der Waals surface area contributed by atoms with Gasteiger partial charge in [-0.2, -0.15) is 0 Å². The van der Waals surface area contributed by atoms with Crippen LogP contribution >= 0.6 is 0 Å². The monoisotopic (exact) mass is 549 g/mol. The maximum atomic E-state index is 13.7. The number of rotatable bonds is 4. The number of sulfonamides is 1. The van der Waals surface area contributed by atoms with Gasteiger partial charge in [0.1, 0.15) is 0 Å². The maximum absolute atomic E-state index is 13.7. The maximum Gasteiger partial charge on any atom is 0.251 e. The molecule has 3 N–H and O–H groups in total. The SMILES string of the molecule is CC(C)S(=O)(=O)N(C)c1cc2cc(c1)C(=O)NC(c1ccccc1)CCc1cccc(c1)CC(C)(N)COC2. The first-order valence-corrected chi connectivity index (χ1v) is 14.9. The molecule has 208 valence electrons. The van der Waals surface area contributed by atoms with Crippen molar-refractivity contribution in [3.8, 4) is 0 Å². The smallest absolute Gasteiger partial charge is 0.251 e. The summed E-state index contributed by atoms with van der Waals surface area (Å²) in [7, 11) is -2.08. The number of carbonyl (C=O) groups excluding carboxylic acids is 1. The molecule has 0 fully saturated rings. The largest absolute Gasteiger partial charge is 0.375 e. The minimum absolute atomic E-state index is 0.193. The van der Waals surface area contributed by atoms with E-state index in [0.29, 0.717) is 36.3 Å². The molecule has 1 aliphatic rings. The first kappa shape index (κ1) is 28.8. The molecule has 0 radical (unpaired) electrons. The Morgan fingerprint density at radius 2 is 1.72 bits per heavy atom. The van der Waals surface area contributed by atoms with E-state index in [1.807, 2.05) is 37.3 Å². The van der Waals surface area contributed by atoms with Gasteiger partial charge in [-0.1, -0.05) is 54.6 Å². The van der Waals surface area contributed by atoms with E-state index in [1.54, 1.807) is 32.0 Å². The first-order valence-electron chi connectivity index (χ1n) is 13.4. The van der Waals surface area contributed by atoms with Crippen LogP contribution in [0.1, 0.15) is 65.8 Å². The molecule has 1 amide bonds. The Labute approximate surface area is 232 Å². The van der Waals surface area contributed by atoms with E-state index in [0.717, 1.165) is 17.5 Å². The van der Waals surface area contributed by atoms with Crippen LogP contribution in [0.15, 0.2) is 72.8 Å². The van der Waals surface area contributed by atoms with Crippen LogP contribution in [0.5, 0.6) is 0 Å². The Kier molecular flexibility index (Phi) is 8.79. The lowest BCUT2D eigenvalue weighted by Crippen LogP contribution is -2.43. The minimum Gasteiger partial charge on any atom is -0.375 e. The van der Waals surface area contributed by atoms with Crippen LogP contribution in [-0.4, -0.2) is 38.8 Å². The zero-order chi connectivity index (χ0) is 28.2. The number of aryl methyl sites for hydroxylation is 1. The van der Waals surface area contributed by atoms with E-state index in [4.69, 9.17) is 10.5 Å². The molecule has 7 nitrogen and oxygen atoms in total. The summed E-state index contributed by atoms with van der Waals surface area (Å²) in [6.07, 6.45) is 2.13. The van der Waals surface area contributed by atoms with Gasteiger partial charge in [0, 0.05) is 18.2 Å². The van der Waals surface area contributed by atoms with E-state index in [2.05, 4.69) is 29.6 Å². The Hall–Kier alpha value is -3.20. The summed E-state index contributed by atoms with van der Waals surface area (Å²) in [6.45, 7) is 5.74. The second kappa shape index (κ2) is 11.9. The second-order valence-corrected chi connectivity index (χ2v) is 13.6. The van der Waals surface area contributed by atoms with Crippen LogP contribution in [0.3, 0.4) is 0 Å². The van der Waals surface area contributed by atoms with E-state index in [1.165, 1.54) is 16.9 Å². The van der Waals surface area contributed by atoms with Gasteiger partial charge in [0.2, 0.25) is 10.0 Å². The van der Waals surface area contributed by atoms with Gasteiger partial charge in [0.25, 0.3) is 5.91 Å². The topological polar surface area (TPSA) is 102 Å². The summed E-state index contributed by atoms with van der Waals surface area (Å²) >= 11 is 0. The fourth-order valence-electron chi connectivity index (χ4n) is 4.91. The van der Waals surface area contributed by atoms with E-state index in [9.17, 15) is 13.2 Å². The van der Waals surface area contributed by atoms with Crippen LogP contribution in [0.25, 0.3) is 0 Å². The molecular weight excluding hydrogens is 510 g/mol. The van der Waals surface area contributed by atoms with Crippen LogP contribution in [-0.2, 0) is 34.2 Å². The van der Waals surface area contributed by atoms with Gasteiger partial charge >= 0.3 is 0 Å². The Bertz CT molecular complexity index is 1400. The van der Waals surface area contributed by atoms with Crippen molar-refractivity contribution in [3.05, 3.63) is 101 Å². The third-order valence-corrected chi connectivity index (χ3v) is 9.28. The number of nitrogens with zero attached hydrogens (tertiary/aromatic N) is 1. The number of ether oxygens (including phenoxy) is 1. The number of amides is 1. The number of carbonyl (C=O) groups is 1. The summed E-state index contributed by atoms with van der Waals surface area (Å²) in [5.74, 6) is -0.271. The summed E-state index contributed by atoms with van der Waals surface area (Å²) in [4.78, 5) is 13.7. The highest BCUT2D eigenvalue weighted by Gasteiger charge is 2.25. The number of fused-ring (bicyclic) bond motifs is 4. The van der Waals surface area contributed by atoms with Gasteiger partial charge in [0.05, 0.1) is 30.2 Å². The molecule has 3 aromatic carbocycles. The average molecular weight is 550 g/mol. The van der Waals surface area contributed by atoms with Crippen molar-refractivity contribution in [2.24, 2.45) is 5.73 Å². The molecule has 4 bridgehead atoms. The number of anilines is 1. The number of benzene rings is 3. The van der Waals surface area contributed by atoms with Gasteiger partial charge in [-0.05, 0) is 80.5 Å². The third kappa shape index (κ3) is 7.26. The Morgan fingerprint density at radius 3 is 2.44 bits per heavy atom. The van der Waals surface area contributed by atoms with Crippen molar-refractivity contribution >= 4 is 21.6 Å². The van der Waals surface area contributed by atoms with Crippen LogP contribution in [0.4, 0.5) is 5.69 Å². The molecule has 3 aromatic rings. The van der Waals surface area contributed by atoms with Gasteiger partial charge in [0.15, 0.2) is 0 Å². The molecule has 0 spiro atoms. The first-order chi connectivity index (χ1) is 18.4. The highest BCUT2D eigenvalue weighted by Crippen LogP contribution is 2.26. The van der Waals surface area contributed by atoms with Crippen LogP contribution < -0.4 is 15.4 Å². The predicted octanol–water partition coefficient (Wildman–Crippen LogP) is 4.76. The van der Waals surface area contributed by atoms with Gasteiger partial charge < -0.3 is 15.8 Å². The number of hydrogen-bond donors (Lipinski definition) is 2. The highest BCUT2D eigenvalue weighted by atomic mass is 32.2. The quantitative estimate of drug-likeness (QED) is 0.489. The van der Waals surface area contributed by atoms with Crippen molar-refractivity contribution in [2.45, 2.75) is 63.5 Å². The van der Waals surface area contributed by atoms with Crippen molar-refractivity contribution in [1.29, 1.82) is 0 Å². The zero-order valence-electron chi connectivity index (χ0n) is 23.2. The summed E-state index contributed by atoms with van der Waals surface area (Å²) in [5, 5.41) is 2.60. The van der Waals surface area contributed by atoms with E-state index >= 15 is 0 Å². The van der Waals surface area contributed by atoms with E-state index in [-0.39, 0.29) is 18.6 Å². The van der Waals surface area contributed by atoms with Crippen molar-refractivity contribution < 1.29 is 17.9 Å². The fourth-order valence-corrected chi connectivity index (χ4v) is 5.94. The summed E-state index contributed by atoms with van der Waals surface area (Å²) in [6, 6.07) is 23.2. The van der Waals surface area contributed by atoms with Crippen LogP contribution in [0, 0.1) is 0 Å². The molecule has 4 rings (SSSR count). The second-order valence-electron chi connectivity index (χ2n) is 11.1. The highest BCUT2D eigenvalue weighted by molar-refractivity contribution is 7.93. The van der Waals surface area contributed by atoms with Gasteiger partial charge in [-0.15, -0.1) is 0 Å². The minimum atomic E-state index is -3.59. The van der Waals surface area contributed by atoms with Crippen molar-refractivity contribution in [1.82, 2.24) is 5.32 Å². The normalized spacial score (nSPS) is 20.9. The lowest BCUT2D eigenvalue weighted by atomic mass is 9.92. The van der Waals surface area contributed by atoms with E-state index < -0.39 is 20.8 Å². The Morgan fingerprint density at radius 1 is 1.00 bits per heavy atom. The average Bonchev–Trinajstić information content (AvgIpc) is 2.90. The lowest BCUT2D eigenvalue weighted by Gasteiger charge is -2.26. The van der Waals surface area contributed by atoms with Gasteiger partial charge in [-0.3, -0.25) is 9.10 Å². The molecule has 1 heterocycles. The molecule has 39 heavy (non-hydrogen) atoms. The number of hydrogen-bond acceptors (Lipinski definition) is 5. The van der Waals surface area contributed by atoms with Gasteiger partial charge in [-0.25, -0.2) is 8.42 Å². The molecule has 0 aromatic heterocycles. The summed E-state index contributed by atoms with van der Waals surface area (Å²) in [5.41, 5.74) is 10.8. The lowest BCUT2D eigenvalue weighted by molar-refractivity contribution is 0.0789. The van der Waals surface area contributed by atoms with Crippen LogP contribution in [0.2, 0.25) is 0 Å². The summed E-state index contributed by atoms with van der Waals surface area (Å²) < 4.78 is 33.2. The van der Waals surface area contributed by atoms with Crippen molar-refractivity contribution in [2.75, 3.05) is 18.0 Å². The molecule has 2 atom stereocenters. The fraction of sp³-hybridized carbons (Fsp3) is 0.387. The third-order valence-electron chi connectivity index (χ3n) is 7.11.